The lowest BCUT2D eigenvalue weighted by Crippen LogP contribution is -2.56. The third kappa shape index (κ3) is 2.86. The molecule has 0 aliphatic carbocycles. The molecule has 0 spiro atoms. The lowest BCUT2D eigenvalue weighted by molar-refractivity contribution is -0.136. The smallest absolute Gasteiger partial charge is 0.222 e. The Balaban J connectivity index is 1.54. The Morgan fingerprint density at radius 3 is 2.20 bits per heavy atom. The Morgan fingerprint density at radius 1 is 1.10 bits per heavy atom. The Labute approximate surface area is 122 Å². The average molecular weight is 279 g/mol. The summed E-state index contributed by atoms with van der Waals surface area (Å²) in [5.74, 6) is 1.01. The Kier molecular flexibility index (Phi) is 4.04. The number of hydrogen-bond acceptors (Lipinski definition) is 3. The maximum Gasteiger partial charge on any atom is 0.222 e. The number of nitrogens with one attached hydrogen (secondary N) is 1. The Morgan fingerprint density at radius 2 is 1.65 bits per heavy atom. The van der Waals surface area contributed by atoms with Crippen LogP contribution in [0.5, 0.6) is 0 Å². The van der Waals surface area contributed by atoms with Gasteiger partial charge in [0, 0.05) is 43.7 Å². The van der Waals surface area contributed by atoms with Gasteiger partial charge in [0.15, 0.2) is 0 Å². The summed E-state index contributed by atoms with van der Waals surface area (Å²) in [7, 11) is 2.17. The predicted molar refractivity (Wildman–Crippen MR) is 80.6 cm³/mol. The molecular weight excluding hydrogens is 250 g/mol. The monoisotopic (exact) mass is 279 g/mol. The molecule has 0 radical (unpaired) electrons. The molecule has 3 fully saturated rings. The van der Waals surface area contributed by atoms with Crippen LogP contribution in [0.15, 0.2) is 0 Å². The minimum Gasteiger partial charge on any atom is -0.340 e. The molecule has 4 atom stereocenters. The van der Waals surface area contributed by atoms with E-state index in [2.05, 4.69) is 36.0 Å². The minimum absolute atomic E-state index is 0.392. The van der Waals surface area contributed by atoms with E-state index in [4.69, 9.17) is 0 Å². The largest absolute Gasteiger partial charge is 0.340 e. The molecule has 0 saturated carbocycles. The SMILES string of the molecule is CC1CN(C(=O)CC2CC3CCC(C2)N3)CC(C)N1C. The van der Waals surface area contributed by atoms with Gasteiger partial charge in [-0.1, -0.05) is 0 Å². The van der Waals surface area contributed by atoms with Gasteiger partial charge < -0.3 is 10.2 Å². The fraction of sp³-hybridized carbons (Fsp3) is 0.938. The van der Waals surface area contributed by atoms with Crippen molar-refractivity contribution in [1.82, 2.24) is 15.1 Å². The normalized spacial score (nSPS) is 42.0. The number of nitrogens with zero attached hydrogens (tertiary/aromatic N) is 2. The predicted octanol–water partition coefficient (Wildman–Crippen LogP) is 1.46. The van der Waals surface area contributed by atoms with Gasteiger partial charge in [-0.2, -0.15) is 0 Å². The highest BCUT2D eigenvalue weighted by Crippen LogP contribution is 2.33. The lowest BCUT2D eigenvalue weighted by atomic mass is 9.89. The van der Waals surface area contributed by atoms with Crippen molar-refractivity contribution in [3.63, 3.8) is 0 Å². The number of piperidine rings is 1. The highest BCUT2D eigenvalue weighted by Gasteiger charge is 2.36. The van der Waals surface area contributed by atoms with Crippen LogP contribution in [0, 0.1) is 5.92 Å². The molecule has 3 heterocycles. The zero-order chi connectivity index (χ0) is 14.3. The maximum absolute atomic E-state index is 12.6. The van der Waals surface area contributed by atoms with Crippen molar-refractivity contribution in [3.8, 4) is 0 Å². The molecule has 3 aliphatic rings. The van der Waals surface area contributed by atoms with Gasteiger partial charge in [-0.3, -0.25) is 9.69 Å². The van der Waals surface area contributed by atoms with Gasteiger partial charge in [-0.25, -0.2) is 0 Å². The first-order valence-electron chi connectivity index (χ1n) is 8.28. The van der Waals surface area contributed by atoms with Crippen LogP contribution >= 0.6 is 0 Å². The summed E-state index contributed by atoms with van der Waals surface area (Å²) in [4.78, 5) is 17.1. The third-order valence-corrected chi connectivity index (χ3v) is 5.75. The van der Waals surface area contributed by atoms with Crippen molar-refractivity contribution in [2.45, 2.75) is 70.1 Å². The number of rotatable bonds is 2. The number of hydrogen-bond donors (Lipinski definition) is 1. The number of piperazine rings is 1. The summed E-state index contributed by atoms with van der Waals surface area (Å²) < 4.78 is 0. The molecule has 3 saturated heterocycles. The van der Waals surface area contributed by atoms with Gasteiger partial charge >= 0.3 is 0 Å². The summed E-state index contributed by atoms with van der Waals surface area (Å²) in [6.45, 7) is 6.25. The van der Waals surface area contributed by atoms with Crippen molar-refractivity contribution in [2.24, 2.45) is 5.92 Å². The maximum atomic E-state index is 12.6. The number of fused-ring (bicyclic) bond motifs is 2. The molecule has 1 amide bonds. The molecule has 4 unspecified atom stereocenters. The molecule has 0 aromatic rings. The van der Waals surface area contributed by atoms with Crippen LogP contribution in [0.2, 0.25) is 0 Å². The van der Waals surface area contributed by atoms with E-state index in [9.17, 15) is 4.79 Å². The van der Waals surface area contributed by atoms with Crippen LogP contribution in [-0.4, -0.2) is 60.0 Å². The van der Waals surface area contributed by atoms with E-state index >= 15 is 0 Å². The number of carbonyl (C=O) groups excluding carboxylic acids is 1. The van der Waals surface area contributed by atoms with Gasteiger partial charge in [0.25, 0.3) is 0 Å². The molecule has 2 bridgehead atoms. The molecule has 0 aromatic heterocycles. The number of likely N-dealkylation sites (N-methyl/N-ethyl adjacent to an activating group) is 1. The average Bonchev–Trinajstić information content (AvgIpc) is 2.74. The van der Waals surface area contributed by atoms with Gasteiger partial charge in [0.1, 0.15) is 0 Å². The van der Waals surface area contributed by atoms with Gasteiger partial charge in [-0.15, -0.1) is 0 Å². The van der Waals surface area contributed by atoms with E-state index in [0.29, 0.717) is 36.0 Å². The first-order chi connectivity index (χ1) is 9.52. The summed E-state index contributed by atoms with van der Waals surface area (Å²) in [5, 5.41) is 3.66. The first-order valence-corrected chi connectivity index (χ1v) is 8.28. The van der Waals surface area contributed by atoms with E-state index in [-0.39, 0.29) is 0 Å². The highest BCUT2D eigenvalue weighted by molar-refractivity contribution is 5.76. The van der Waals surface area contributed by atoms with Crippen LogP contribution in [0.1, 0.15) is 46.0 Å². The van der Waals surface area contributed by atoms with Crippen molar-refractivity contribution >= 4 is 5.91 Å². The second-order valence-corrected chi connectivity index (χ2v) is 7.34. The topological polar surface area (TPSA) is 35.6 Å². The van der Waals surface area contributed by atoms with E-state index < -0.39 is 0 Å². The molecule has 4 heteroatoms. The van der Waals surface area contributed by atoms with Crippen molar-refractivity contribution in [3.05, 3.63) is 0 Å². The van der Waals surface area contributed by atoms with Gasteiger partial charge in [0.2, 0.25) is 5.91 Å². The lowest BCUT2D eigenvalue weighted by Gasteiger charge is -2.43. The molecule has 114 valence electrons. The molecule has 20 heavy (non-hydrogen) atoms. The molecule has 1 N–H and O–H groups in total. The fourth-order valence-corrected chi connectivity index (χ4v) is 4.33. The van der Waals surface area contributed by atoms with Gasteiger partial charge in [-0.05, 0) is 52.5 Å². The van der Waals surface area contributed by atoms with E-state index in [1.807, 2.05) is 0 Å². The molecule has 0 aromatic carbocycles. The van der Waals surface area contributed by atoms with E-state index in [1.54, 1.807) is 0 Å². The molecule has 3 aliphatic heterocycles. The summed E-state index contributed by atoms with van der Waals surface area (Å²) >= 11 is 0. The highest BCUT2D eigenvalue weighted by atomic mass is 16.2. The fourth-order valence-electron chi connectivity index (χ4n) is 4.33. The van der Waals surface area contributed by atoms with Gasteiger partial charge in [0.05, 0.1) is 0 Å². The van der Waals surface area contributed by atoms with Crippen LogP contribution in [0.25, 0.3) is 0 Å². The Bertz CT molecular complexity index is 349. The summed E-state index contributed by atoms with van der Waals surface area (Å²) in [6, 6.07) is 2.34. The van der Waals surface area contributed by atoms with Crippen LogP contribution in [-0.2, 0) is 4.79 Å². The molecular formula is C16H29N3O. The number of carbonyl (C=O) groups is 1. The number of amides is 1. The minimum atomic E-state index is 0.392. The standard InChI is InChI=1S/C16H29N3O/c1-11-9-19(10-12(2)18(11)3)16(20)8-13-6-14-4-5-15(7-13)17-14/h11-15,17H,4-10H2,1-3H3. The van der Waals surface area contributed by atoms with Crippen molar-refractivity contribution < 1.29 is 4.79 Å². The zero-order valence-electron chi connectivity index (χ0n) is 13.1. The molecule has 4 nitrogen and oxygen atoms in total. The third-order valence-electron chi connectivity index (χ3n) is 5.75. The van der Waals surface area contributed by atoms with Crippen molar-refractivity contribution in [1.29, 1.82) is 0 Å². The van der Waals surface area contributed by atoms with E-state index in [0.717, 1.165) is 19.5 Å². The first kappa shape index (κ1) is 14.3. The van der Waals surface area contributed by atoms with Crippen LogP contribution < -0.4 is 5.32 Å². The summed E-state index contributed by atoms with van der Waals surface area (Å²) in [6.07, 6.45) is 5.83. The van der Waals surface area contributed by atoms with Crippen LogP contribution in [0.4, 0.5) is 0 Å². The quantitative estimate of drug-likeness (QED) is 0.831. The van der Waals surface area contributed by atoms with E-state index in [1.165, 1.54) is 25.7 Å². The second kappa shape index (κ2) is 5.64. The second-order valence-electron chi connectivity index (χ2n) is 7.34. The van der Waals surface area contributed by atoms with Crippen molar-refractivity contribution in [2.75, 3.05) is 20.1 Å². The molecule has 3 rings (SSSR count). The van der Waals surface area contributed by atoms with Crippen LogP contribution in [0.3, 0.4) is 0 Å². The Hall–Kier alpha value is -0.610. The summed E-state index contributed by atoms with van der Waals surface area (Å²) in [5.41, 5.74) is 0. The zero-order valence-corrected chi connectivity index (χ0v) is 13.1.